The zero-order valence-electron chi connectivity index (χ0n) is 15.8. The van der Waals surface area contributed by atoms with Crippen molar-refractivity contribution in [1.82, 2.24) is 10.2 Å². The van der Waals surface area contributed by atoms with Gasteiger partial charge >= 0.3 is 5.97 Å². The Balaban J connectivity index is 1.67. The highest BCUT2D eigenvalue weighted by atomic mass is 16.4. The van der Waals surface area contributed by atoms with E-state index in [-0.39, 0.29) is 11.8 Å². The van der Waals surface area contributed by atoms with E-state index in [1.54, 1.807) is 47.4 Å². The molecule has 0 aromatic heterocycles. The minimum atomic E-state index is -1.11. The third-order valence-electron chi connectivity index (χ3n) is 5.04. The van der Waals surface area contributed by atoms with Crippen molar-refractivity contribution >= 4 is 17.8 Å². The van der Waals surface area contributed by atoms with Gasteiger partial charge in [-0.1, -0.05) is 48.0 Å². The first-order valence-electron chi connectivity index (χ1n) is 9.40. The Morgan fingerprint density at radius 2 is 1.75 bits per heavy atom. The van der Waals surface area contributed by atoms with Crippen LogP contribution in [0, 0.1) is 12.8 Å². The monoisotopic (exact) mass is 380 g/mol. The van der Waals surface area contributed by atoms with E-state index in [1.165, 1.54) is 0 Å². The van der Waals surface area contributed by atoms with Crippen LogP contribution < -0.4 is 5.32 Å². The van der Waals surface area contributed by atoms with Gasteiger partial charge in [0, 0.05) is 18.7 Å². The lowest BCUT2D eigenvalue weighted by molar-refractivity contribution is -0.143. The van der Waals surface area contributed by atoms with Gasteiger partial charge in [-0.15, -0.1) is 0 Å². The number of benzene rings is 2. The molecule has 0 aliphatic carbocycles. The summed E-state index contributed by atoms with van der Waals surface area (Å²) in [5.74, 6) is -1.97. The fraction of sp³-hybridized carbons (Fsp3) is 0.318. The van der Waals surface area contributed by atoms with Gasteiger partial charge in [0.1, 0.15) is 0 Å². The second kappa shape index (κ2) is 8.69. The Morgan fingerprint density at radius 1 is 1.07 bits per heavy atom. The van der Waals surface area contributed by atoms with Gasteiger partial charge in [0.2, 0.25) is 5.91 Å². The number of carboxylic acid groups (broad SMARTS) is 1. The fourth-order valence-corrected chi connectivity index (χ4v) is 3.45. The number of hydrogen-bond donors (Lipinski definition) is 2. The quantitative estimate of drug-likeness (QED) is 0.835. The van der Waals surface area contributed by atoms with Crippen LogP contribution >= 0.6 is 0 Å². The van der Waals surface area contributed by atoms with Gasteiger partial charge in [0.05, 0.1) is 5.92 Å². The van der Waals surface area contributed by atoms with Crippen molar-refractivity contribution in [2.75, 3.05) is 13.1 Å². The lowest BCUT2D eigenvalue weighted by Gasteiger charge is -2.32. The Labute approximate surface area is 164 Å². The summed E-state index contributed by atoms with van der Waals surface area (Å²) in [6.07, 6.45) is 1.34. The molecule has 0 spiro atoms. The molecule has 6 heteroatoms. The number of piperidine rings is 1. The summed E-state index contributed by atoms with van der Waals surface area (Å²) >= 11 is 0. The molecule has 2 unspecified atom stereocenters. The lowest BCUT2D eigenvalue weighted by Crippen LogP contribution is -2.47. The average Bonchev–Trinajstić information content (AvgIpc) is 2.72. The van der Waals surface area contributed by atoms with E-state index < -0.39 is 17.9 Å². The number of nitrogens with zero attached hydrogens (tertiary/aromatic N) is 1. The van der Waals surface area contributed by atoms with Crippen LogP contribution in [0.3, 0.4) is 0 Å². The molecule has 1 aliphatic heterocycles. The Morgan fingerprint density at radius 3 is 2.39 bits per heavy atom. The topological polar surface area (TPSA) is 86.7 Å². The van der Waals surface area contributed by atoms with E-state index in [0.717, 1.165) is 5.56 Å². The van der Waals surface area contributed by atoms with Crippen LogP contribution in [0.25, 0.3) is 0 Å². The molecule has 2 amide bonds. The predicted molar refractivity (Wildman–Crippen MR) is 105 cm³/mol. The predicted octanol–water partition coefficient (Wildman–Crippen LogP) is 2.79. The van der Waals surface area contributed by atoms with Gasteiger partial charge in [-0.05, 0) is 37.5 Å². The number of carbonyl (C=O) groups is 3. The van der Waals surface area contributed by atoms with Gasteiger partial charge < -0.3 is 15.3 Å². The molecule has 2 aromatic rings. The number of carbonyl (C=O) groups excluding carboxylic acids is 2. The SMILES string of the molecule is Cc1ccc(C(=O)N2CCCC(C(=O)NC(C(=O)O)c3ccccc3)C2)cc1. The third kappa shape index (κ3) is 4.57. The van der Waals surface area contributed by atoms with E-state index in [4.69, 9.17) is 0 Å². The highest BCUT2D eigenvalue weighted by molar-refractivity contribution is 5.95. The minimum Gasteiger partial charge on any atom is -0.479 e. The van der Waals surface area contributed by atoms with Crippen molar-refractivity contribution in [3.05, 3.63) is 71.3 Å². The summed E-state index contributed by atoms with van der Waals surface area (Å²) in [6, 6.07) is 14.9. The van der Waals surface area contributed by atoms with Crippen LogP contribution in [0.1, 0.15) is 40.4 Å². The van der Waals surface area contributed by atoms with Crippen molar-refractivity contribution in [1.29, 1.82) is 0 Å². The first-order valence-corrected chi connectivity index (χ1v) is 9.40. The first kappa shape index (κ1) is 19.6. The van der Waals surface area contributed by atoms with Crippen molar-refractivity contribution in [2.24, 2.45) is 5.92 Å². The van der Waals surface area contributed by atoms with E-state index in [1.807, 2.05) is 19.1 Å². The van der Waals surface area contributed by atoms with Crippen molar-refractivity contribution < 1.29 is 19.5 Å². The molecule has 146 valence electrons. The number of aryl methyl sites for hydroxylation is 1. The van der Waals surface area contributed by atoms with Crippen LogP contribution in [0.15, 0.2) is 54.6 Å². The normalized spacial score (nSPS) is 17.6. The highest BCUT2D eigenvalue weighted by Gasteiger charge is 2.31. The lowest BCUT2D eigenvalue weighted by atomic mass is 9.95. The maximum Gasteiger partial charge on any atom is 0.330 e. The number of carboxylic acids is 1. The molecule has 1 fully saturated rings. The van der Waals surface area contributed by atoms with Crippen LogP contribution in [0.2, 0.25) is 0 Å². The third-order valence-corrected chi connectivity index (χ3v) is 5.04. The highest BCUT2D eigenvalue weighted by Crippen LogP contribution is 2.21. The van der Waals surface area contributed by atoms with E-state index >= 15 is 0 Å². The molecule has 28 heavy (non-hydrogen) atoms. The Hall–Kier alpha value is -3.15. The smallest absolute Gasteiger partial charge is 0.330 e. The maximum atomic E-state index is 12.7. The molecular formula is C22H24N2O4. The van der Waals surface area contributed by atoms with Gasteiger partial charge in [0.25, 0.3) is 5.91 Å². The molecule has 1 heterocycles. The van der Waals surface area contributed by atoms with Crippen molar-refractivity contribution in [3.8, 4) is 0 Å². The molecule has 3 rings (SSSR count). The van der Waals surface area contributed by atoms with Crippen molar-refractivity contribution in [3.63, 3.8) is 0 Å². The van der Waals surface area contributed by atoms with Gasteiger partial charge in [0.15, 0.2) is 6.04 Å². The average molecular weight is 380 g/mol. The van der Waals surface area contributed by atoms with E-state index in [0.29, 0.717) is 37.1 Å². The molecule has 1 aliphatic rings. The maximum absolute atomic E-state index is 12.7. The second-order valence-corrected chi connectivity index (χ2v) is 7.15. The van der Waals surface area contributed by atoms with E-state index in [2.05, 4.69) is 5.32 Å². The molecule has 2 aromatic carbocycles. The molecule has 1 saturated heterocycles. The van der Waals surface area contributed by atoms with E-state index in [9.17, 15) is 19.5 Å². The molecule has 2 N–H and O–H groups in total. The Bertz CT molecular complexity index is 849. The largest absolute Gasteiger partial charge is 0.479 e. The summed E-state index contributed by atoms with van der Waals surface area (Å²) in [4.78, 5) is 38.8. The second-order valence-electron chi connectivity index (χ2n) is 7.15. The molecule has 6 nitrogen and oxygen atoms in total. The number of aliphatic carboxylic acids is 1. The summed E-state index contributed by atoms with van der Waals surface area (Å²) < 4.78 is 0. The molecular weight excluding hydrogens is 356 g/mol. The molecule has 0 radical (unpaired) electrons. The van der Waals surface area contributed by atoms with Crippen LogP contribution in [-0.2, 0) is 9.59 Å². The number of rotatable bonds is 5. The van der Waals surface area contributed by atoms with Gasteiger partial charge in [-0.2, -0.15) is 0 Å². The van der Waals surface area contributed by atoms with Crippen molar-refractivity contribution in [2.45, 2.75) is 25.8 Å². The first-order chi connectivity index (χ1) is 13.5. The van der Waals surface area contributed by atoms with Gasteiger partial charge in [-0.25, -0.2) is 4.79 Å². The summed E-state index contributed by atoms with van der Waals surface area (Å²) in [7, 11) is 0. The molecule has 2 atom stereocenters. The summed E-state index contributed by atoms with van der Waals surface area (Å²) in [5, 5.41) is 12.1. The zero-order chi connectivity index (χ0) is 20.1. The van der Waals surface area contributed by atoms with Gasteiger partial charge in [-0.3, -0.25) is 9.59 Å². The number of nitrogens with one attached hydrogen (secondary N) is 1. The zero-order valence-corrected chi connectivity index (χ0v) is 15.8. The summed E-state index contributed by atoms with van der Waals surface area (Å²) in [6.45, 7) is 2.85. The van der Waals surface area contributed by atoms with Crippen LogP contribution in [0.4, 0.5) is 0 Å². The molecule has 0 saturated carbocycles. The summed E-state index contributed by atoms with van der Waals surface area (Å²) in [5.41, 5.74) is 2.19. The van der Waals surface area contributed by atoms with Crippen LogP contribution in [-0.4, -0.2) is 40.9 Å². The Kier molecular flexibility index (Phi) is 6.09. The number of hydrogen-bond acceptors (Lipinski definition) is 3. The standard InChI is InChI=1S/C22H24N2O4/c1-15-9-11-17(12-10-15)21(26)24-13-5-8-18(14-24)20(25)23-19(22(27)28)16-6-3-2-4-7-16/h2-4,6-7,9-12,18-19H,5,8,13-14H2,1H3,(H,23,25)(H,27,28). The number of likely N-dealkylation sites (tertiary alicyclic amines) is 1. The minimum absolute atomic E-state index is 0.102. The number of amides is 2. The molecule has 0 bridgehead atoms. The fourth-order valence-electron chi connectivity index (χ4n) is 3.45. The van der Waals surface area contributed by atoms with Crippen LogP contribution in [0.5, 0.6) is 0 Å².